The molecule has 0 radical (unpaired) electrons. The highest BCUT2D eigenvalue weighted by Crippen LogP contribution is 2.28. The zero-order valence-corrected chi connectivity index (χ0v) is 24.9. The van der Waals surface area contributed by atoms with Gasteiger partial charge in [-0.1, -0.05) is 91.0 Å². The van der Waals surface area contributed by atoms with Gasteiger partial charge in [-0.15, -0.1) is 0 Å². The Labute approximate surface area is 265 Å². The molecule has 0 amide bonds. The molecule has 0 aromatic heterocycles. The van der Waals surface area contributed by atoms with E-state index in [1.807, 2.05) is 60.7 Å². The summed E-state index contributed by atoms with van der Waals surface area (Å²) < 4.78 is 57.0. The topological polar surface area (TPSA) is 27.3 Å². The van der Waals surface area contributed by atoms with Gasteiger partial charge in [0.25, 0.3) is 0 Å². The number of hydrogen-bond acceptors (Lipinski definition) is 3. The lowest BCUT2D eigenvalue weighted by Gasteiger charge is -2.27. The number of benzene rings is 6. The molecule has 0 aliphatic carbocycles. The minimum Gasteiger partial charge on any atom is -0.237 e. The van der Waals surface area contributed by atoms with Crippen molar-refractivity contribution >= 4 is 0 Å². The van der Waals surface area contributed by atoms with Crippen molar-refractivity contribution in [1.29, 1.82) is 0 Å². The highest BCUT2D eigenvalue weighted by molar-refractivity contribution is 5.69. The van der Waals surface area contributed by atoms with Gasteiger partial charge < -0.3 is 0 Å². The molecule has 2 N–H and O–H groups in total. The lowest BCUT2D eigenvalue weighted by molar-refractivity contribution is 0.0969. The summed E-state index contributed by atoms with van der Waals surface area (Å²) in [4.78, 5) is 0. The summed E-state index contributed by atoms with van der Waals surface area (Å²) in [6.07, 6.45) is 0. The molecule has 0 unspecified atom stereocenters. The SMILES string of the molecule is Fc1ccc(-c2cc(F)ccc2CNN(Cc2ccc(F)cc2-c2ccccc2)NCc2cc(F)ccc2-c2ccccc2)cc1. The smallest absolute Gasteiger partial charge is 0.123 e. The lowest BCUT2D eigenvalue weighted by atomic mass is 9.99. The summed E-state index contributed by atoms with van der Waals surface area (Å²) >= 11 is 0. The predicted molar refractivity (Wildman–Crippen MR) is 175 cm³/mol. The maximum Gasteiger partial charge on any atom is 0.123 e. The molecule has 0 fully saturated rings. The molecule has 46 heavy (non-hydrogen) atoms. The van der Waals surface area contributed by atoms with Gasteiger partial charge in [0.15, 0.2) is 0 Å². The van der Waals surface area contributed by atoms with E-state index in [4.69, 9.17) is 0 Å². The number of nitrogens with zero attached hydrogens (tertiary/aromatic N) is 1. The summed E-state index contributed by atoms with van der Waals surface area (Å²) in [5.41, 5.74) is 13.9. The van der Waals surface area contributed by atoms with Crippen LogP contribution in [0.1, 0.15) is 16.7 Å². The van der Waals surface area contributed by atoms with Crippen LogP contribution in [0.5, 0.6) is 0 Å². The van der Waals surface area contributed by atoms with E-state index in [1.54, 1.807) is 35.4 Å². The Morgan fingerprint density at radius 2 is 0.848 bits per heavy atom. The molecule has 6 aromatic carbocycles. The van der Waals surface area contributed by atoms with Crippen LogP contribution >= 0.6 is 0 Å². The molecule has 0 saturated carbocycles. The van der Waals surface area contributed by atoms with Crippen LogP contribution in [-0.4, -0.2) is 5.12 Å². The molecule has 0 bridgehead atoms. The average molecular weight is 618 g/mol. The third-order valence-corrected chi connectivity index (χ3v) is 7.79. The second kappa shape index (κ2) is 14.3. The average Bonchev–Trinajstić information content (AvgIpc) is 3.08. The minimum absolute atomic E-state index is 0.269. The van der Waals surface area contributed by atoms with Crippen molar-refractivity contribution < 1.29 is 17.6 Å². The Morgan fingerprint density at radius 3 is 1.48 bits per heavy atom. The van der Waals surface area contributed by atoms with E-state index >= 15 is 0 Å². The highest BCUT2D eigenvalue weighted by Gasteiger charge is 2.15. The monoisotopic (exact) mass is 617 g/mol. The van der Waals surface area contributed by atoms with Crippen molar-refractivity contribution in [2.45, 2.75) is 19.6 Å². The van der Waals surface area contributed by atoms with Crippen molar-refractivity contribution in [2.75, 3.05) is 0 Å². The minimum atomic E-state index is -0.406. The molecule has 7 heteroatoms. The Bertz CT molecular complexity index is 1910. The van der Waals surface area contributed by atoms with E-state index in [2.05, 4.69) is 10.9 Å². The normalized spacial score (nSPS) is 11.2. The fourth-order valence-electron chi connectivity index (χ4n) is 5.48. The van der Waals surface area contributed by atoms with Crippen LogP contribution in [-0.2, 0) is 19.6 Å². The number of halogens is 4. The molecule has 230 valence electrons. The molecule has 0 heterocycles. The molecule has 0 aliphatic heterocycles. The van der Waals surface area contributed by atoms with E-state index in [-0.39, 0.29) is 30.5 Å². The molecule has 6 rings (SSSR count). The largest absolute Gasteiger partial charge is 0.237 e. The number of hydrogen-bond donors (Lipinski definition) is 2. The van der Waals surface area contributed by atoms with E-state index in [9.17, 15) is 17.6 Å². The maximum absolute atomic E-state index is 14.5. The van der Waals surface area contributed by atoms with Gasteiger partial charge in [0.2, 0.25) is 0 Å². The Balaban J connectivity index is 1.32. The van der Waals surface area contributed by atoms with Crippen molar-refractivity contribution in [2.24, 2.45) is 0 Å². The predicted octanol–water partition coefficient (Wildman–Crippen LogP) is 9.46. The molecular weight excluding hydrogens is 586 g/mol. The highest BCUT2D eigenvalue weighted by atomic mass is 19.1. The molecular formula is C39H31F4N3. The summed E-state index contributed by atoms with van der Waals surface area (Å²) in [7, 11) is 0. The second-order valence-electron chi connectivity index (χ2n) is 10.9. The first-order valence-corrected chi connectivity index (χ1v) is 14.9. The van der Waals surface area contributed by atoms with Crippen LogP contribution in [0, 0.1) is 23.3 Å². The van der Waals surface area contributed by atoms with Gasteiger partial charge in [0.05, 0.1) is 6.54 Å². The van der Waals surface area contributed by atoms with E-state index < -0.39 is 5.82 Å². The Kier molecular flexibility index (Phi) is 9.65. The van der Waals surface area contributed by atoms with Gasteiger partial charge in [-0.3, -0.25) is 0 Å². The molecule has 0 saturated heterocycles. The van der Waals surface area contributed by atoms with Crippen molar-refractivity contribution in [3.63, 3.8) is 0 Å². The van der Waals surface area contributed by atoms with E-state index in [0.29, 0.717) is 17.7 Å². The van der Waals surface area contributed by atoms with Crippen LogP contribution in [0.2, 0.25) is 0 Å². The first-order valence-electron chi connectivity index (χ1n) is 14.9. The Morgan fingerprint density at radius 1 is 0.391 bits per heavy atom. The summed E-state index contributed by atoms with van der Waals surface area (Å²) in [6.45, 7) is 0.842. The third kappa shape index (κ3) is 7.58. The molecule has 0 spiro atoms. The van der Waals surface area contributed by atoms with E-state index in [1.165, 1.54) is 48.5 Å². The van der Waals surface area contributed by atoms with Crippen LogP contribution in [0.4, 0.5) is 17.6 Å². The molecule has 3 nitrogen and oxygen atoms in total. The van der Waals surface area contributed by atoms with E-state index in [0.717, 1.165) is 38.9 Å². The van der Waals surface area contributed by atoms with Gasteiger partial charge >= 0.3 is 0 Å². The zero-order valence-electron chi connectivity index (χ0n) is 24.9. The maximum atomic E-state index is 14.5. The summed E-state index contributed by atoms with van der Waals surface area (Å²) in [6, 6.07) is 39.1. The van der Waals surface area contributed by atoms with Crippen molar-refractivity contribution in [3.05, 3.63) is 179 Å². The first-order chi connectivity index (χ1) is 22.4. The van der Waals surface area contributed by atoms with Crippen molar-refractivity contribution in [3.8, 4) is 33.4 Å². The Hall–Kier alpha value is -5.08. The number of nitrogens with one attached hydrogen (secondary N) is 2. The van der Waals surface area contributed by atoms with Crippen LogP contribution in [0.3, 0.4) is 0 Å². The number of hydrazine groups is 2. The fourth-order valence-corrected chi connectivity index (χ4v) is 5.48. The van der Waals surface area contributed by atoms with Gasteiger partial charge in [-0.05, 0) is 98.6 Å². The zero-order chi connectivity index (χ0) is 31.9. The van der Waals surface area contributed by atoms with Crippen LogP contribution in [0.15, 0.2) is 140 Å². The third-order valence-electron chi connectivity index (χ3n) is 7.79. The van der Waals surface area contributed by atoms with Crippen molar-refractivity contribution in [1.82, 2.24) is 16.0 Å². The fraction of sp³-hybridized carbons (Fsp3) is 0.0769. The second-order valence-corrected chi connectivity index (χ2v) is 10.9. The van der Waals surface area contributed by atoms with Crippen LogP contribution < -0.4 is 10.9 Å². The number of rotatable bonds is 11. The van der Waals surface area contributed by atoms with Gasteiger partial charge in [-0.2, -0.15) is 5.12 Å². The van der Waals surface area contributed by atoms with Crippen LogP contribution in [0.25, 0.3) is 33.4 Å². The molecule has 0 atom stereocenters. The lowest BCUT2D eigenvalue weighted by Crippen LogP contribution is -2.47. The standard InChI is InChI=1S/C39H31F4N3/c40-33-15-11-29(12-16-33)38-22-35(42)17-13-30(38)24-44-46(26-31-14-18-36(43)23-39(31)28-9-5-2-6-10-28)45-25-32-21-34(41)19-20-37(32)27-7-3-1-4-8-27/h1-23,44-45H,24-26H2. The molecule has 6 aromatic rings. The van der Waals surface area contributed by atoms with Gasteiger partial charge in [0.1, 0.15) is 23.3 Å². The quantitative estimate of drug-likeness (QED) is 0.112. The first kappa shape index (κ1) is 30.9. The van der Waals surface area contributed by atoms with Gasteiger partial charge in [-0.25, -0.2) is 28.4 Å². The van der Waals surface area contributed by atoms with Gasteiger partial charge in [0, 0.05) is 13.1 Å². The molecule has 0 aliphatic rings. The summed E-state index contributed by atoms with van der Waals surface area (Å²) in [5, 5.41) is 1.77. The summed E-state index contributed by atoms with van der Waals surface area (Å²) in [5.74, 6) is -1.49.